The van der Waals surface area contributed by atoms with Crippen molar-refractivity contribution in [1.82, 2.24) is 9.55 Å². The van der Waals surface area contributed by atoms with E-state index in [2.05, 4.69) is 53.7 Å². The molecule has 3 heteroatoms. The Kier molecular flexibility index (Phi) is 4.24. The molecule has 0 amide bonds. The van der Waals surface area contributed by atoms with E-state index in [0.29, 0.717) is 6.61 Å². The minimum Gasteiger partial charge on any atom is -0.488 e. The van der Waals surface area contributed by atoms with Crippen LogP contribution in [0.4, 0.5) is 0 Å². The van der Waals surface area contributed by atoms with Gasteiger partial charge < -0.3 is 9.30 Å². The first kappa shape index (κ1) is 14.4. The van der Waals surface area contributed by atoms with Gasteiger partial charge in [0.05, 0.1) is 5.56 Å². The molecule has 0 fully saturated rings. The topological polar surface area (TPSA) is 27.1 Å². The molecule has 0 N–H and O–H groups in total. The largest absolute Gasteiger partial charge is 0.488 e. The minimum absolute atomic E-state index is 0.560. The number of hydrogen-bond acceptors (Lipinski definition) is 2. The molecule has 1 aromatic heterocycles. The fourth-order valence-electron chi connectivity index (χ4n) is 2.43. The highest BCUT2D eigenvalue weighted by molar-refractivity contribution is 5.64. The molecule has 0 unspecified atom stereocenters. The summed E-state index contributed by atoms with van der Waals surface area (Å²) in [4.78, 5) is 4.47. The zero-order chi connectivity index (χ0) is 15.4. The first-order valence-electron chi connectivity index (χ1n) is 7.57. The van der Waals surface area contributed by atoms with Crippen molar-refractivity contribution in [2.45, 2.75) is 27.0 Å². The highest BCUT2D eigenvalue weighted by atomic mass is 16.5. The van der Waals surface area contributed by atoms with Crippen molar-refractivity contribution < 1.29 is 4.74 Å². The third-order valence-electron chi connectivity index (χ3n) is 3.70. The number of ether oxygens (including phenoxy) is 1. The van der Waals surface area contributed by atoms with Crippen LogP contribution in [0.15, 0.2) is 60.9 Å². The van der Waals surface area contributed by atoms with E-state index in [1.165, 1.54) is 11.1 Å². The Morgan fingerprint density at radius 3 is 2.59 bits per heavy atom. The summed E-state index contributed by atoms with van der Waals surface area (Å²) in [5.74, 6) is 1.81. The summed E-state index contributed by atoms with van der Waals surface area (Å²) in [6.07, 6.45) is 3.82. The second-order valence-electron chi connectivity index (χ2n) is 5.31. The molecule has 3 nitrogen and oxygen atoms in total. The van der Waals surface area contributed by atoms with Gasteiger partial charge in [0.2, 0.25) is 0 Å². The highest BCUT2D eigenvalue weighted by Crippen LogP contribution is 2.29. The zero-order valence-electron chi connectivity index (χ0n) is 13.0. The molecule has 0 saturated heterocycles. The lowest BCUT2D eigenvalue weighted by molar-refractivity contribution is 0.307. The number of para-hydroxylation sites is 1. The maximum absolute atomic E-state index is 6.03. The smallest absolute Gasteiger partial charge is 0.143 e. The summed E-state index contributed by atoms with van der Waals surface area (Å²) >= 11 is 0. The number of hydrogen-bond donors (Lipinski definition) is 0. The van der Waals surface area contributed by atoms with Gasteiger partial charge in [-0.15, -0.1) is 0 Å². The number of nitrogens with zero attached hydrogens (tertiary/aromatic N) is 2. The van der Waals surface area contributed by atoms with Crippen LogP contribution in [-0.2, 0) is 13.2 Å². The summed E-state index contributed by atoms with van der Waals surface area (Å²) in [7, 11) is 0. The van der Waals surface area contributed by atoms with Gasteiger partial charge >= 0.3 is 0 Å². The van der Waals surface area contributed by atoms with Crippen LogP contribution < -0.4 is 4.74 Å². The SMILES string of the molecule is CCn1ccnc1-c1ccccc1OCc1ccc(C)cc1. The molecule has 1 heterocycles. The molecule has 0 spiro atoms. The Morgan fingerprint density at radius 1 is 1.05 bits per heavy atom. The fraction of sp³-hybridized carbons (Fsp3) is 0.211. The Bertz CT molecular complexity index is 744. The standard InChI is InChI=1S/C19H20N2O/c1-3-21-13-12-20-19(21)17-6-4-5-7-18(17)22-14-16-10-8-15(2)9-11-16/h4-13H,3,14H2,1-2H3. The second kappa shape index (κ2) is 6.48. The van der Waals surface area contributed by atoms with Crippen molar-refractivity contribution in [3.63, 3.8) is 0 Å². The lowest BCUT2D eigenvalue weighted by Crippen LogP contribution is -2.00. The third-order valence-corrected chi connectivity index (χ3v) is 3.70. The number of aromatic nitrogens is 2. The van der Waals surface area contributed by atoms with Crippen molar-refractivity contribution >= 4 is 0 Å². The molecule has 0 aliphatic heterocycles. The Hall–Kier alpha value is -2.55. The van der Waals surface area contributed by atoms with Gasteiger partial charge in [-0.2, -0.15) is 0 Å². The van der Waals surface area contributed by atoms with E-state index in [1.54, 1.807) is 0 Å². The highest BCUT2D eigenvalue weighted by Gasteiger charge is 2.10. The fourth-order valence-corrected chi connectivity index (χ4v) is 2.43. The summed E-state index contributed by atoms with van der Waals surface area (Å²) in [5, 5.41) is 0. The Balaban J connectivity index is 1.84. The Morgan fingerprint density at radius 2 is 1.82 bits per heavy atom. The van der Waals surface area contributed by atoms with E-state index < -0.39 is 0 Å². The van der Waals surface area contributed by atoms with Gasteiger partial charge in [0.15, 0.2) is 0 Å². The van der Waals surface area contributed by atoms with E-state index in [1.807, 2.05) is 30.6 Å². The molecule has 0 bridgehead atoms. The van der Waals surface area contributed by atoms with Gasteiger partial charge in [-0.05, 0) is 31.5 Å². The van der Waals surface area contributed by atoms with Crippen LogP contribution in [0.3, 0.4) is 0 Å². The van der Waals surface area contributed by atoms with Gasteiger partial charge in [0.25, 0.3) is 0 Å². The van der Waals surface area contributed by atoms with E-state index in [9.17, 15) is 0 Å². The van der Waals surface area contributed by atoms with Gasteiger partial charge in [-0.1, -0.05) is 42.0 Å². The number of rotatable bonds is 5. The van der Waals surface area contributed by atoms with Gasteiger partial charge in [0.1, 0.15) is 18.2 Å². The van der Waals surface area contributed by atoms with E-state index >= 15 is 0 Å². The summed E-state index contributed by atoms with van der Waals surface area (Å²) in [6.45, 7) is 5.65. The summed E-state index contributed by atoms with van der Waals surface area (Å²) in [6, 6.07) is 16.5. The maximum Gasteiger partial charge on any atom is 0.143 e. The van der Waals surface area contributed by atoms with Crippen LogP contribution in [0.1, 0.15) is 18.1 Å². The molecule has 3 aromatic rings. The van der Waals surface area contributed by atoms with Crippen LogP contribution in [0, 0.1) is 6.92 Å². The molecular weight excluding hydrogens is 272 g/mol. The normalized spacial score (nSPS) is 10.6. The zero-order valence-corrected chi connectivity index (χ0v) is 13.0. The monoisotopic (exact) mass is 292 g/mol. The van der Waals surface area contributed by atoms with E-state index in [-0.39, 0.29) is 0 Å². The number of aryl methyl sites for hydroxylation is 2. The quantitative estimate of drug-likeness (QED) is 0.694. The van der Waals surface area contributed by atoms with Crippen molar-refractivity contribution in [1.29, 1.82) is 0 Å². The van der Waals surface area contributed by atoms with E-state index in [4.69, 9.17) is 4.74 Å². The van der Waals surface area contributed by atoms with Crippen molar-refractivity contribution in [3.8, 4) is 17.1 Å². The summed E-state index contributed by atoms with van der Waals surface area (Å²) < 4.78 is 8.15. The van der Waals surface area contributed by atoms with Crippen LogP contribution in [0.5, 0.6) is 5.75 Å². The van der Waals surface area contributed by atoms with Crippen LogP contribution in [0.2, 0.25) is 0 Å². The van der Waals surface area contributed by atoms with Crippen molar-refractivity contribution in [2.75, 3.05) is 0 Å². The molecule has 2 aromatic carbocycles. The summed E-state index contributed by atoms with van der Waals surface area (Å²) in [5.41, 5.74) is 3.45. The molecule has 0 radical (unpaired) electrons. The molecule has 0 atom stereocenters. The number of benzene rings is 2. The van der Waals surface area contributed by atoms with Crippen molar-refractivity contribution in [2.24, 2.45) is 0 Å². The molecule has 0 saturated carbocycles. The molecular formula is C19H20N2O. The predicted octanol–water partition coefficient (Wildman–Crippen LogP) is 4.46. The lowest BCUT2D eigenvalue weighted by atomic mass is 10.1. The molecule has 3 rings (SSSR count). The van der Waals surface area contributed by atoms with Gasteiger partial charge in [0, 0.05) is 18.9 Å². The predicted molar refractivity (Wildman–Crippen MR) is 88.8 cm³/mol. The third kappa shape index (κ3) is 3.03. The van der Waals surface area contributed by atoms with Crippen LogP contribution in [0.25, 0.3) is 11.4 Å². The first-order chi connectivity index (χ1) is 10.8. The van der Waals surface area contributed by atoms with Crippen LogP contribution >= 0.6 is 0 Å². The number of imidazole rings is 1. The minimum atomic E-state index is 0.560. The van der Waals surface area contributed by atoms with Crippen LogP contribution in [-0.4, -0.2) is 9.55 Å². The van der Waals surface area contributed by atoms with E-state index in [0.717, 1.165) is 23.7 Å². The molecule has 112 valence electrons. The van der Waals surface area contributed by atoms with Gasteiger partial charge in [-0.3, -0.25) is 0 Å². The molecule has 22 heavy (non-hydrogen) atoms. The lowest BCUT2D eigenvalue weighted by Gasteiger charge is -2.12. The molecule has 0 aliphatic carbocycles. The van der Waals surface area contributed by atoms with Crippen molar-refractivity contribution in [3.05, 3.63) is 72.1 Å². The maximum atomic E-state index is 6.03. The average molecular weight is 292 g/mol. The first-order valence-corrected chi connectivity index (χ1v) is 7.57. The average Bonchev–Trinajstić information content (AvgIpc) is 3.03. The second-order valence-corrected chi connectivity index (χ2v) is 5.31. The molecule has 0 aliphatic rings. The van der Waals surface area contributed by atoms with Gasteiger partial charge in [-0.25, -0.2) is 4.98 Å². The Labute approximate surface area is 131 Å².